The molecule has 0 saturated heterocycles. The van der Waals surface area contributed by atoms with E-state index in [1.807, 2.05) is 6.92 Å². The van der Waals surface area contributed by atoms with Crippen molar-refractivity contribution in [1.29, 1.82) is 0 Å². The van der Waals surface area contributed by atoms with E-state index in [1.165, 1.54) is 13.0 Å². The average Bonchev–Trinajstić information content (AvgIpc) is 2.87. The van der Waals surface area contributed by atoms with Gasteiger partial charge in [-0.25, -0.2) is 13.1 Å². The number of hydrogen-bond donors (Lipinski definition) is 3. The van der Waals surface area contributed by atoms with E-state index in [9.17, 15) is 13.2 Å². The van der Waals surface area contributed by atoms with Crippen molar-refractivity contribution in [3.8, 4) is 0 Å². The Morgan fingerprint density at radius 1 is 1.36 bits per heavy atom. The molecular weight excluding hydrogens is 302 g/mol. The van der Waals surface area contributed by atoms with Crippen LogP contribution in [0.4, 0.5) is 5.69 Å². The number of hydrogen-bond acceptors (Lipinski definition) is 4. The molecule has 2 rings (SSSR count). The summed E-state index contributed by atoms with van der Waals surface area (Å²) in [5.74, 6) is -0.0420. The molecule has 0 bridgehead atoms. The number of sulfonamides is 1. The van der Waals surface area contributed by atoms with Crippen LogP contribution in [0.3, 0.4) is 0 Å². The van der Waals surface area contributed by atoms with Gasteiger partial charge in [0.2, 0.25) is 15.9 Å². The minimum atomic E-state index is -3.62. The number of amides is 1. The third-order valence-electron chi connectivity index (χ3n) is 4.10. The van der Waals surface area contributed by atoms with Crippen molar-refractivity contribution in [3.05, 3.63) is 23.8 Å². The number of carbonyl (C=O) groups excluding carboxylic acids is 1. The van der Waals surface area contributed by atoms with Crippen molar-refractivity contribution in [2.45, 2.75) is 44.0 Å². The minimum Gasteiger partial charge on any atom is -0.330 e. The van der Waals surface area contributed by atoms with Crippen LogP contribution >= 0.6 is 0 Å². The molecule has 6 nitrogen and oxygen atoms in total. The number of nitrogens with one attached hydrogen (secondary N) is 2. The molecule has 0 spiro atoms. The average molecular weight is 325 g/mol. The van der Waals surface area contributed by atoms with Gasteiger partial charge in [0, 0.05) is 18.7 Å². The molecule has 0 aromatic heterocycles. The standard InChI is InChI=1S/C15H23N3O3S/c1-10-6-7-13(8-15(10)17-11(2)19)22(20,21)18-14-5-3-4-12(14)9-16/h6-8,12,14,18H,3-5,9,16H2,1-2H3,(H,17,19). The third-order valence-corrected chi connectivity index (χ3v) is 5.59. The van der Waals surface area contributed by atoms with Crippen LogP contribution in [-0.2, 0) is 14.8 Å². The summed E-state index contributed by atoms with van der Waals surface area (Å²) < 4.78 is 27.8. The number of benzene rings is 1. The van der Waals surface area contributed by atoms with Crippen molar-refractivity contribution < 1.29 is 13.2 Å². The van der Waals surface area contributed by atoms with E-state index >= 15 is 0 Å². The van der Waals surface area contributed by atoms with E-state index in [4.69, 9.17) is 5.73 Å². The second kappa shape index (κ2) is 6.76. The molecule has 1 aliphatic carbocycles. The van der Waals surface area contributed by atoms with Gasteiger partial charge in [0.05, 0.1) is 4.90 Å². The second-order valence-corrected chi connectivity index (χ2v) is 7.53. The van der Waals surface area contributed by atoms with Gasteiger partial charge in [-0.3, -0.25) is 4.79 Å². The summed E-state index contributed by atoms with van der Waals surface area (Å²) in [6, 6.07) is 4.62. The molecule has 1 saturated carbocycles. The van der Waals surface area contributed by atoms with Crippen LogP contribution in [-0.4, -0.2) is 26.9 Å². The molecule has 0 radical (unpaired) electrons. The largest absolute Gasteiger partial charge is 0.330 e. The SMILES string of the molecule is CC(=O)Nc1cc(S(=O)(=O)NC2CCCC2CN)ccc1C. The van der Waals surface area contributed by atoms with Crippen molar-refractivity contribution in [3.63, 3.8) is 0 Å². The molecule has 0 heterocycles. The molecule has 22 heavy (non-hydrogen) atoms. The van der Waals surface area contributed by atoms with Gasteiger partial charge in [0.25, 0.3) is 0 Å². The maximum Gasteiger partial charge on any atom is 0.240 e. The highest BCUT2D eigenvalue weighted by atomic mass is 32.2. The zero-order valence-electron chi connectivity index (χ0n) is 12.9. The second-order valence-electron chi connectivity index (χ2n) is 5.81. The molecule has 1 fully saturated rings. The first-order chi connectivity index (χ1) is 10.3. The fourth-order valence-electron chi connectivity index (χ4n) is 2.83. The quantitative estimate of drug-likeness (QED) is 0.761. The van der Waals surface area contributed by atoms with Gasteiger partial charge in [-0.1, -0.05) is 12.5 Å². The lowest BCUT2D eigenvalue weighted by molar-refractivity contribution is -0.114. The van der Waals surface area contributed by atoms with E-state index < -0.39 is 10.0 Å². The summed E-state index contributed by atoms with van der Waals surface area (Å²) in [7, 11) is -3.62. The van der Waals surface area contributed by atoms with Crippen molar-refractivity contribution in [1.82, 2.24) is 4.72 Å². The molecule has 1 aromatic carbocycles. The van der Waals surface area contributed by atoms with Crippen LogP contribution in [0.5, 0.6) is 0 Å². The predicted octanol–water partition coefficient (Wildman–Crippen LogP) is 1.36. The Balaban J connectivity index is 2.24. The first-order valence-corrected chi connectivity index (χ1v) is 8.92. The smallest absolute Gasteiger partial charge is 0.240 e. The van der Waals surface area contributed by atoms with E-state index in [0.717, 1.165) is 24.8 Å². The van der Waals surface area contributed by atoms with Gasteiger partial charge in [-0.05, 0) is 49.9 Å². The van der Waals surface area contributed by atoms with E-state index in [1.54, 1.807) is 12.1 Å². The predicted molar refractivity (Wildman–Crippen MR) is 86.0 cm³/mol. The maximum absolute atomic E-state index is 12.5. The highest BCUT2D eigenvalue weighted by molar-refractivity contribution is 7.89. The summed E-state index contributed by atoms with van der Waals surface area (Å²) in [6.07, 6.45) is 2.75. The lowest BCUT2D eigenvalue weighted by atomic mass is 10.1. The minimum absolute atomic E-state index is 0.111. The van der Waals surface area contributed by atoms with Gasteiger partial charge in [-0.15, -0.1) is 0 Å². The van der Waals surface area contributed by atoms with Crippen LogP contribution < -0.4 is 15.8 Å². The molecule has 122 valence electrons. The highest BCUT2D eigenvalue weighted by Gasteiger charge is 2.30. The Bertz CT molecular complexity index is 658. The van der Waals surface area contributed by atoms with E-state index in [2.05, 4.69) is 10.0 Å². The number of carbonyl (C=O) groups is 1. The van der Waals surface area contributed by atoms with Crippen molar-refractivity contribution >= 4 is 21.6 Å². The van der Waals surface area contributed by atoms with Crippen LogP contribution in [0, 0.1) is 12.8 Å². The normalized spacial score (nSPS) is 21.8. The molecule has 4 N–H and O–H groups in total. The molecule has 1 aliphatic rings. The number of nitrogens with two attached hydrogens (primary N) is 1. The Labute approximate surface area is 131 Å². The Kier molecular flexibility index (Phi) is 5.20. The number of aryl methyl sites for hydroxylation is 1. The third kappa shape index (κ3) is 3.85. The van der Waals surface area contributed by atoms with E-state index in [0.29, 0.717) is 12.2 Å². The Hall–Kier alpha value is -1.44. The summed E-state index contributed by atoms with van der Waals surface area (Å²) in [5, 5.41) is 2.65. The zero-order valence-corrected chi connectivity index (χ0v) is 13.7. The molecule has 1 amide bonds. The number of anilines is 1. The van der Waals surface area contributed by atoms with Crippen LogP contribution in [0.25, 0.3) is 0 Å². The molecule has 1 aromatic rings. The Morgan fingerprint density at radius 2 is 2.09 bits per heavy atom. The van der Waals surface area contributed by atoms with Crippen LogP contribution in [0.1, 0.15) is 31.7 Å². The van der Waals surface area contributed by atoms with Crippen molar-refractivity contribution in [2.75, 3.05) is 11.9 Å². The molecule has 2 unspecified atom stereocenters. The fraction of sp³-hybridized carbons (Fsp3) is 0.533. The van der Waals surface area contributed by atoms with Gasteiger partial charge < -0.3 is 11.1 Å². The first kappa shape index (κ1) is 16.9. The molecule has 7 heteroatoms. The van der Waals surface area contributed by atoms with Gasteiger partial charge >= 0.3 is 0 Å². The zero-order chi connectivity index (χ0) is 16.3. The summed E-state index contributed by atoms with van der Waals surface area (Å²) >= 11 is 0. The molecular formula is C15H23N3O3S. The van der Waals surface area contributed by atoms with Crippen molar-refractivity contribution in [2.24, 2.45) is 11.7 Å². The molecule has 0 aliphatic heterocycles. The van der Waals surface area contributed by atoms with Gasteiger partial charge in [-0.2, -0.15) is 0 Å². The summed E-state index contributed by atoms with van der Waals surface area (Å²) in [4.78, 5) is 11.4. The monoisotopic (exact) mass is 325 g/mol. The fourth-order valence-corrected chi connectivity index (χ4v) is 4.20. The number of rotatable bonds is 5. The van der Waals surface area contributed by atoms with Gasteiger partial charge in [0.1, 0.15) is 0 Å². The van der Waals surface area contributed by atoms with E-state index in [-0.39, 0.29) is 22.8 Å². The Morgan fingerprint density at radius 3 is 2.73 bits per heavy atom. The lowest BCUT2D eigenvalue weighted by Gasteiger charge is -2.20. The first-order valence-electron chi connectivity index (χ1n) is 7.44. The van der Waals surface area contributed by atoms with Crippen LogP contribution in [0.15, 0.2) is 23.1 Å². The highest BCUT2D eigenvalue weighted by Crippen LogP contribution is 2.27. The summed E-state index contributed by atoms with van der Waals surface area (Å²) in [6.45, 7) is 3.69. The van der Waals surface area contributed by atoms with Crippen LogP contribution in [0.2, 0.25) is 0 Å². The topological polar surface area (TPSA) is 101 Å². The van der Waals surface area contributed by atoms with Gasteiger partial charge in [0.15, 0.2) is 0 Å². The molecule has 2 atom stereocenters. The lowest BCUT2D eigenvalue weighted by Crippen LogP contribution is -2.39. The maximum atomic E-state index is 12.5. The summed E-state index contributed by atoms with van der Waals surface area (Å²) in [5.41, 5.74) is 7.02.